The molecule has 0 saturated heterocycles. The number of nitrogens with one attached hydrogen (secondary N) is 1. The van der Waals surface area contributed by atoms with Gasteiger partial charge in [-0.1, -0.05) is 12.7 Å². The second kappa shape index (κ2) is 6.05. The van der Waals surface area contributed by atoms with Crippen LogP contribution in [0.1, 0.15) is 13.8 Å². The van der Waals surface area contributed by atoms with Crippen molar-refractivity contribution in [1.29, 1.82) is 0 Å². The molecule has 0 atom stereocenters. The molecule has 0 aliphatic carbocycles. The number of allylic oxidation sites excluding steroid dienone is 2. The summed E-state index contributed by atoms with van der Waals surface area (Å²) in [6.07, 6.45) is 1.62. The van der Waals surface area contributed by atoms with Crippen molar-refractivity contribution in [1.82, 2.24) is 5.32 Å². The first kappa shape index (κ1) is 12.5. The third-order valence-electron chi connectivity index (χ3n) is 1.05. The summed E-state index contributed by atoms with van der Waals surface area (Å²) < 4.78 is 0.727. The van der Waals surface area contributed by atoms with Gasteiger partial charge in [-0.25, -0.2) is 4.99 Å². The van der Waals surface area contributed by atoms with E-state index in [2.05, 4.69) is 32.8 Å². The predicted octanol–water partition coefficient (Wildman–Crippen LogP) is 2.29. The Morgan fingerprint density at radius 1 is 1.69 bits per heavy atom. The van der Waals surface area contributed by atoms with Gasteiger partial charge in [-0.05, 0) is 41.4 Å². The first-order valence-corrected chi connectivity index (χ1v) is 4.93. The SMILES string of the molecule is C=C/C(Br)=C(\N=C(N)Cl)NC(C)C. The molecule has 0 aromatic rings. The van der Waals surface area contributed by atoms with Crippen molar-refractivity contribution in [2.24, 2.45) is 10.7 Å². The lowest BCUT2D eigenvalue weighted by Crippen LogP contribution is -2.22. The highest BCUT2D eigenvalue weighted by Gasteiger charge is 2.02. The van der Waals surface area contributed by atoms with Gasteiger partial charge >= 0.3 is 0 Å². The highest BCUT2D eigenvalue weighted by Crippen LogP contribution is 2.12. The number of hydrogen-bond acceptors (Lipinski definition) is 2. The summed E-state index contributed by atoms with van der Waals surface area (Å²) in [6, 6.07) is 0.252. The van der Waals surface area contributed by atoms with Crippen molar-refractivity contribution in [3.63, 3.8) is 0 Å². The largest absolute Gasteiger partial charge is 0.374 e. The van der Waals surface area contributed by atoms with Gasteiger partial charge in [0.05, 0.1) is 4.48 Å². The Hall–Kier alpha value is -0.480. The van der Waals surface area contributed by atoms with Gasteiger partial charge in [0.1, 0.15) is 5.82 Å². The monoisotopic (exact) mass is 265 g/mol. The minimum Gasteiger partial charge on any atom is -0.374 e. The average molecular weight is 267 g/mol. The fourth-order valence-electron chi connectivity index (χ4n) is 0.632. The number of hydrogen-bond donors (Lipinski definition) is 2. The molecule has 0 aromatic heterocycles. The Kier molecular flexibility index (Phi) is 5.82. The maximum Gasteiger partial charge on any atom is 0.195 e. The van der Waals surface area contributed by atoms with Crippen LogP contribution in [0.3, 0.4) is 0 Å². The van der Waals surface area contributed by atoms with Gasteiger partial charge in [-0.3, -0.25) is 0 Å². The summed E-state index contributed by atoms with van der Waals surface area (Å²) in [5.74, 6) is 0.581. The van der Waals surface area contributed by atoms with Crippen LogP contribution >= 0.6 is 27.5 Å². The molecule has 0 aliphatic heterocycles. The van der Waals surface area contributed by atoms with E-state index in [-0.39, 0.29) is 11.3 Å². The molecule has 5 heteroatoms. The van der Waals surface area contributed by atoms with Crippen LogP contribution in [-0.2, 0) is 0 Å². The third kappa shape index (κ3) is 5.71. The zero-order valence-corrected chi connectivity index (χ0v) is 9.98. The van der Waals surface area contributed by atoms with E-state index in [9.17, 15) is 0 Å². The zero-order valence-electron chi connectivity index (χ0n) is 7.64. The van der Waals surface area contributed by atoms with E-state index >= 15 is 0 Å². The normalized spacial score (nSPS) is 14.1. The van der Waals surface area contributed by atoms with Gasteiger partial charge in [0.25, 0.3) is 0 Å². The molecule has 0 heterocycles. The standard InChI is InChI=1S/C8H13BrClN3/c1-4-6(9)7(12-5(2)3)13-8(10)11/h4-5,12H,1H2,2-3H3,(H2,11,13)/b7-6+. The Morgan fingerprint density at radius 2 is 2.23 bits per heavy atom. The summed E-state index contributed by atoms with van der Waals surface area (Å²) >= 11 is 8.73. The molecule has 3 N–H and O–H groups in total. The number of amidine groups is 1. The van der Waals surface area contributed by atoms with Crippen LogP contribution in [0.2, 0.25) is 0 Å². The number of rotatable bonds is 4. The molecule has 0 unspecified atom stereocenters. The van der Waals surface area contributed by atoms with E-state index in [1.165, 1.54) is 0 Å². The number of aliphatic imine (C=N–C) groups is 1. The van der Waals surface area contributed by atoms with Crippen LogP contribution < -0.4 is 11.1 Å². The first-order chi connectivity index (χ1) is 5.97. The van der Waals surface area contributed by atoms with E-state index in [1.54, 1.807) is 6.08 Å². The molecule has 0 saturated carbocycles. The molecule has 74 valence electrons. The number of nitrogens with two attached hydrogens (primary N) is 1. The lowest BCUT2D eigenvalue weighted by atomic mass is 10.4. The minimum atomic E-state index is -0.0121. The van der Waals surface area contributed by atoms with Crippen LogP contribution in [0.4, 0.5) is 0 Å². The van der Waals surface area contributed by atoms with Gasteiger partial charge in [-0.15, -0.1) is 0 Å². The molecule has 0 radical (unpaired) electrons. The van der Waals surface area contributed by atoms with Gasteiger partial charge in [0, 0.05) is 6.04 Å². The van der Waals surface area contributed by atoms with Crippen LogP contribution in [0.15, 0.2) is 28.0 Å². The van der Waals surface area contributed by atoms with E-state index in [4.69, 9.17) is 17.3 Å². The molecule has 0 aliphatic rings. The van der Waals surface area contributed by atoms with E-state index < -0.39 is 0 Å². The molecule has 0 aromatic carbocycles. The molecule has 0 amide bonds. The van der Waals surface area contributed by atoms with Crippen LogP contribution in [0.25, 0.3) is 0 Å². The smallest absolute Gasteiger partial charge is 0.195 e. The Labute approximate surface area is 91.9 Å². The molecule has 0 bridgehead atoms. The molecule has 0 fully saturated rings. The molecule has 0 spiro atoms. The summed E-state index contributed by atoms with van der Waals surface area (Å²) in [5.41, 5.74) is 5.25. The summed E-state index contributed by atoms with van der Waals surface area (Å²) in [5, 5.41) is 3.06. The predicted molar refractivity (Wildman–Crippen MR) is 61.9 cm³/mol. The molecule has 0 rings (SSSR count). The first-order valence-electron chi connectivity index (χ1n) is 3.75. The molecule has 3 nitrogen and oxygen atoms in total. The topological polar surface area (TPSA) is 50.4 Å². The van der Waals surface area contributed by atoms with Crippen molar-refractivity contribution in [3.8, 4) is 0 Å². The number of nitrogens with zero attached hydrogens (tertiary/aromatic N) is 1. The highest BCUT2D eigenvalue weighted by atomic mass is 79.9. The Bertz CT molecular complexity index is 242. The van der Waals surface area contributed by atoms with Crippen LogP contribution in [-0.4, -0.2) is 11.3 Å². The lowest BCUT2D eigenvalue weighted by Gasteiger charge is -2.11. The number of halogens is 2. The fraction of sp³-hybridized carbons (Fsp3) is 0.375. The van der Waals surface area contributed by atoms with Gasteiger partial charge < -0.3 is 11.1 Å². The zero-order chi connectivity index (χ0) is 10.4. The van der Waals surface area contributed by atoms with Crippen molar-refractivity contribution in [2.75, 3.05) is 0 Å². The fourth-order valence-corrected chi connectivity index (χ4v) is 0.919. The van der Waals surface area contributed by atoms with E-state index in [0.29, 0.717) is 5.82 Å². The Morgan fingerprint density at radius 3 is 2.54 bits per heavy atom. The Balaban J connectivity index is 4.76. The minimum absolute atomic E-state index is 0.0121. The average Bonchev–Trinajstić information content (AvgIpc) is 2.00. The van der Waals surface area contributed by atoms with Crippen LogP contribution in [0.5, 0.6) is 0 Å². The van der Waals surface area contributed by atoms with Crippen LogP contribution in [0, 0.1) is 0 Å². The quantitative estimate of drug-likeness (QED) is 0.355. The third-order valence-corrected chi connectivity index (χ3v) is 1.83. The summed E-state index contributed by atoms with van der Waals surface area (Å²) in [4.78, 5) is 3.90. The summed E-state index contributed by atoms with van der Waals surface area (Å²) in [6.45, 7) is 7.58. The van der Waals surface area contributed by atoms with Gasteiger partial charge in [0.2, 0.25) is 0 Å². The van der Waals surface area contributed by atoms with Gasteiger partial charge in [-0.2, -0.15) is 0 Å². The lowest BCUT2D eigenvalue weighted by molar-refractivity contribution is 0.663. The maximum atomic E-state index is 5.46. The second-order valence-electron chi connectivity index (χ2n) is 2.63. The maximum absolute atomic E-state index is 5.46. The van der Waals surface area contributed by atoms with Crippen molar-refractivity contribution >= 4 is 32.8 Å². The second-order valence-corrected chi connectivity index (χ2v) is 3.88. The van der Waals surface area contributed by atoms with E-state index in [0.717, 1.165) is 4.48 Å². The molecule has 13 heavy (non-hydrogen) atoms. The van der Waals surface area contributed by atoms with Gasteiger partial charge in [0.15, 0.2) is 5.29 Å². The van der Waals surface area contributed by atoms with Crippen molar-refractivity contribution in [2.45, 2.75) is 19.9 Å². The molecular weight excluding hydrogens is 253 g/mol. The van der Waals surface area contributed by atoms with E-state index in [1.807, 2.05) is 13.8 Å². The molecular formula is C8H13BrClN3. The van der Waals surface area contributed by atoms with Crippen molar-refractivity contribution in [3.05, 3.63) is 23.0 Å². The highest BCUT2D eigenvalue weighted by molar-refractivity contribution is 9.11. The van der Waals surface area contributed by atoms with Crippen molar-refractivity contribution < 1.29 is 0 Å². The summed E-state index contributed by atoms with van der Waals surface area (Å²) in [7, 11) is 0.